The second-order valence-electron chi connectivity index (χ2n) is 15.6. The van der Waals surface area contributed by atoms with Gasteiger partial charge in [0.05, 0.1) is 0 Å². The molecule has 0 N–H and O–H groups in total. The predicted molar refractivity (Wildman–Crippen MR) is 260 cm³/mol. The van der Waals surface area contributed by atoms with Crippen LogP contribution in [0.2, 0.25) is 0 Å². The van der Waals surface area contributed by atoms with E-state index in [4.69, 9.17) is 23.8 Å². The molecule has 302 valence electrons. The van der Waals surface area contributed by atoms with E-state index in [0.717, 1.165) is 94.7 Å². The summed E-state index contributed by atoms with van der Waals surface area (Å²) in [5.74, 6) is 1.72. The monoisotopic (exact) mass is 823 g/mol. The molecule has 0 amide bonds. The molecule has 3 aromatic heterocycles. The highest BCUT2D eigenvalue weighted by Gasteiger charge is 2.21. The molecule has 0 spiro atoms. The number of rotatable bonds is 9. The molecular formula is C57H37N5O2. The van der Waals surface area contributed by atoms with Crippen LogP contribution in [0.1, 0.15) is 0 Å². The summed E-state index contributed by atoms with van der Waals surface area (Å²) in [7, 11) is 0. The van der Waals surface area contributed by atoms with Gasteiger partial charge in [-0.3, -0.25) is 0 Å². The van der Waals surface area contributed by atoms with Crippen molar-refractivity contribution >= 4 is 78.0 Å². The molecule has 7 nitrogen and oxygen atoms in total. The summed E-state index contributed by atoms with van der Waals surface area (Å²) >= 11 is 0. The number of nitrogens with zero attached hydrogens (tertiary/aromatic N) is 5. The first-order valence-corrected chi connectivity index (χ1v) is 21.3. The fraction of sp³-hybridized carbons (Fsp3) is 0. The molecule has 0 fully saturated rings. The lowest BCUT2D eigenvalue weighted by Gasteiger charge is -2.28. The molecule has 12 rings (SSSR count). The molecule has 64 heavy (non-hydrogen) atoms. The van der Waals surface area contributed by atoms with Crippen molar-refractivity contribution in [2.45, 2.75) is 0 Å². The Labute approximate surface area is 368 Å². The summed E-state index contributed by atoms with van der Waals surface area (Å²) in [5.41, 5.74) is 12.0. The average Bonchev–Trinajstić information content (AvgIpc) is 3.94. The van der Waals surface area contributed by atoms with E-state index in [1.54, 1.807) is 0 Å². The number of hydrogen-bond donors (Lipinski definition) is 0. The topological polar surface area (TPSA) is 71.4 Å². The highest BCUT2D eigenvalue weighted by atomic mass is 16.3. The molecule has 0 aliphatic heterocycles. The van der Waals surface area contributed by atoms with Gasteiger partial charge >= 0.3 is 0 Å². The zero-order valence-electron chi connectivity index (χ0n) is 34.4. The standard InChI is InChI=1S/C57H37N5O2/c1-5-16-38(17-6-1)55-58-56(39-28-35-51-49(36-39)46-24-13-14-26-50(46)63-51)60-57(59-55)48-25-15-27-52-54(48)47-34-33-45(37-53(47)64-52)62(42-22-11-4-12-23-42)44-31-29-43(30-32-44)61(40-18-7-2-8-19-40)41-20-9-3-10-21-41/h1-37H. The lowest BCUT2D eigenvalue weighted by Crippen LogP contribution is -2.12. The van der Waals surface area contributed by atoms with E-state index < -0.39 is 0 Å². The van der Waals surface area contributed by atoms with Gasteiger partial charge in [-0.25, -0.2) is 15.0 Å². The smallest absolute Gasteiger partial charge is 0.164 e. The van der Waals surface area contributed by atoms with Gasteiger partial charge < -0.3 is 18.6 Å². The van der Waals surface area contributed by atoms with Crippen molar-refractivity contribution in [2.24, 2.45) is 0 Å². The quantitative estimate of drug-likeness (QED) is 0.144. The van der Waals surface area contributed by atoms with Gasteiger partial charge in [0.1, 0.15) is 22.3 Å². The Kier molecular flexibility index (Phi) is 9.01. The second-order valence-corrected chi connectivity index (χ2v) is 15.6. The Morgan fingerprint density at radius 1 is 0.281 bits per heavy atom. The van der Waals surface area contributed by atoms with Crippen LogP contribution in [-0.4, -0.2) is 15.0 Å². The number of fused-ring (bicyclic) bond motifs is 6. The fourth-order valence-electron chi connectivity index (χ4n) is 8.72. The van der Waals surface area contributed by atoms with E-state index in [0.29, 0.717) is 17.5 Å². The van der Waals surface area contributed by atoms with Gasteiger partial charge in [0, 0.05) is 78.4 Å². The van der Waals surface area contributed by atoms with Crippen molar-refractivity contribution in [1.29, 1.82) is 0 Å². The predicted octanol–water partition coefficient (Wildman–Crippen LogP) is 15.6. The van der Waals surface area contributed by atoms with Gasteiger partial charge in [-0.15, -0.1) is 0 Å². The van der Waals surface area contributed by atoms with Crippen molar-refractivity contribution in [3.05, 3.63) is 224 Å². The summed E-state index contributed by atoms with van der Waals surface area (Å²) in [6, 6.07) is 76.8. The number of furan rings is 2. The molecule has 12 aromatic rings. The summed E-state index contributed by atoms with van der Waals surface area (Å²) in [6.07, 6.45) is 0. The van der Waals surface area contributed by atoms with Gasteiger partial charge in [-0.05, 0) is 103 Å². The van der Waals surface area contributed by atoms with Crippen LogP contribution < -0.4 is 9.80 Å². The lowest BCUT2D eigenvalue weighted by molar-refractivity contribution is 0.668. The van der Waals surface area contributed by atoms with Crippen molar-refractivity contribution in [1.82, 2.24) is 15.0 Å². The Morgan fingerprint density at radius 3 is 1.42 bits per heavy atom. The van der Waals surface area contributed by atoms with Crippen molar-refractivity contribution < 1.29 is 8.83 Å². The summed E-state index contributed by atoms with van der Waals surface area (Å²) in [5, 5.41) is 3.96. The molecule has 0 saturated carbocycles. The fourth-order valence-corrected chi connectivity index (χ4v) is 8.72. The lowest BCUT2D eigenvalue weighted by atomic mass is 10.0. The van der Waals surface area contributed by atoms with Crippen molar-refractivity contribution in [2.75, 3.05) is 9.80 Å². The molecule has 0 unspecified atom stereocenters. The Morgan fingerprint density at radius 2 is 0.766 bits per heavy atom. The summed E-state index contributed by atoms with van der Waals surface area (Å²) < 4.78 is 12.9. The molecule has 0 aliphatic rings. The average molecular weight is 824 g/mol. The van der Waals surface area contributed by atoms with Gasteiger partial charge in [0.15, 0.2) is 17.5 Å². The molecule has 0 bridgehead atoms. The highest BCUT2D eigenvalue weighted by Crippen LogP contribution is 2.43. The maximum absolute atomic E-state index is 6.72. The van der Waals surface area contributed by atoms with Crippen molar-refractivity contribution in [3.63, 3.8) is 0 Å². The third kappa shape index (κ3) is 6.60. The van der Waals surface area contributed by atoms with E-state index in [2.05, 4.69) is 143 Å². The molecule has 0 atom stereocenters. The van der Waals surface area contributed by atoms with Gasteiger partial charge in [0.25, 0.3) is 0 Å². The minimum atomic E-state index is 0.560. The van der Waals surface area contributed by atoms with Crippen LogP contribution in [0.4, 0.5) is 34.1 Å². The van der Waals surface area contributed by atoms with Crippen LogP contribution in [0.15, 0.2) is 233 Å². The highest BCUT2D eigenvalue weighted by molar-refractivity contribution is 6.13. The van der Waals surface area contributed by atoms with E-state index in [1.807, 2.05) is 91.0 Å². The zero-order chi connectivity index (χ0) is 42.4. The number of anilines is 6. The molecule has 7 heteroatoms. The maximum atomic E-state index is 6.72. The molecule has 0 radical (unpaired) electrons. The molecule has 0 saturated heterocycles. The van der Waals surface area contributed by atoms with Gasteiger partial charge in [0.2, 0.25) is 0 Å². The van der Waals surface area contributed by atoms with Crippen LogP contribution >= 0.6 is 0 Å². The minimum absolute atomic E-state index is 0.560. The molecular weight excluding hydrogens is 787 g/mol. The van der Waals surface area contributed by atoms with E-state index in [-0.39, 0.29) is 0 Å². The van der Waals surface area contributed by atoms with Crippen LogP contribution in [0.25, 0.3) is 78.0 Å². The number of benzene rings is 9. The first-order valence-electron chi connectivity index (χ1n) is 21.3. The SMILES string of the molecule is c1ccc(-c2nc(-c3ccc4oc5ccccc5c4c3)nc(-c3cccc4oc5cc(N(c6ccccc6)c6ccc(N(c7ccccc7)c7ccccc7)cc6)ccc5c34)n2)cc1. The van der Waals surface area contributed by atoms with E-state index >= 15 is 0 Å². The number of para-hydroxylation sites is 4. The molecule has 9 aromatic carbocycles. The van der Waals surface area contributed by atoms with Crippen LogP contribution in [0.3, 0.4) is 0 Å². The third-order valence-corrected chi connectivity index (χ3v) is 11.7. The minimum Gasteiger partial charge on any atom is -0.456 e. The number of hydrogen-bond acceptors (Lipinski definition) is 7. The number of aromatic nitrogens is 3. The third-order valence-electron chi connectivity index (χ3n) is 11.7. The molecule has 3 heterocycles. The Hall–Kier alpha value is -8.81. The Balaban J connectivity index is 0.969. The molecule has 0 aliphatic carbocycles. The summed E-state index contributed by atoms with van der Waals surface area (Å²) in [6.45, 7) is 0. The second kappa shape index (κ2) is 15.6. The Bertz CT molecular complexity index is 3570. The first-order chi connectivity index (χ1) is 31.7. The van der Waals surface area contributed by atoms with Crippen LogP contribution in [0, 0.1) is 0 Å². The van der Waals surface area contributed by atoms with Crippen LogP contribution in [0.5, 0.6) is 0 Å². The first kappa shape index (κ1) is 37.0. The normalized spacial score (nSPS) is 11.4. The van der Waals surface area contributed by atoms with Gasteiger partial charge in [-0.1, -0.05) is 115 Å². The van der Waals surface area contributed by atoms with Crippen LogP contribution in [-0.2, 0) is 0 Å². The van der Waals surface area contributed by atoms with E-state index in [1.165, 1.54) is 0 Å². The maximum Gasteiger partial charge on any atom is 0.164 e. The van der Waals surface area contributed by atoms with Gasteiger partial charge in [-0.2, -0.15) is 0 Å². The summed E-state index contributed by atoms with van der Waals surface area (Å²) in [4.78, 5) is 19.9. The largest absolute Gasteiger partial charge is 0.456 e. The zero-order valence-corrected chi connectivity index (χ0v) is 34.4. The van der Waals surface area contributed by atoms with Crippen molar-refractivity contribution in [3.8, 4) is 34.2 Å². The van der Waals surface area contributed by atoms with E-state index in [9.17, 15) is 0 Å².